The lowest BCUT2D eigenvalue weighted by Crippen LogP contribution is -2.10. The Labute approximate surface area is 77.6 Å². The minimum Gasteiger partial charge on any atom is -0.478 e. The van der Waals surface area contributed by atoms with Gasteiger partial charge in [0.1, 0.15) is 0 Å². The summed E-state index contributed by atoms with van der Waals surface area (Å²) in [6, 6.07) is 5.11. The van der Waals surface area contributed by atoms with Gasteiger partial charge in [-0.15, -0.1) is 0 Å². The zero-order valence-electron chi connectivity index (χ0n) is 8.03. The van der Waals surface area contributed by atoms with Gasteiger partial charge in [0.05, 0.1) is 5.56 Å². The van der Waals surface area contributed by atoms with Crippen molar-refractivity contribution in [2.24, 2.45) is 0 Å². The Balaban J connectivity index is 3.13. The molecule has 0 bridgehead atoms. The van der Waals surface area contributed by atoms with Gasteiger partial charge < -0.3 is 10.0 Å². The number of nitrogens with zero attached hydrogens (tertiary/aromatic N) is 1. The largest absolute Gasteiger partial charge is 0.478 e. The maximum absolute atomic E-state index is 10.6. The van der Waals surface area contributed by atoms with E-state index in [-0.39, 0.29) is 0 Å². The van der Waals surface area contributed by atoms with Crippen molar-refractivity contribution in [1.82, 2.24) is 0 Å². The molecule has 13 heavy (non-hydrogen) atoms. The number of hydrogen-bond acceptors (Lipinski definition) is 2. The Morgan fingerprint density at radius 2 is 2.00 bits per heavy atom. The summed E-state index contributed by atoms with van der Waals surface area (Å²) in [5.41, 5.74) is 2.36. The van der Waals surface area contributed by atoms with Crippen molar-refractivity contribution < 1.29 is 9.90 Å². The highest BCUT2D eigenvalue weighted by molar-refractivity contribution is 5.88. The number of anilines is 1. The minimum absolute atomic E-state index is 0.336. The van der Waals surface area contributed by atoms with Gasteiger partial charge in [0.2, 0.25) is 0 Å². The Morgan fingerprint density at radius 3 is 2.38 bits per heavy atom. The summed E-state index contributed by atoms with van der Waals surface area (Å²) in [5, 5.41) is 8.73. The van der Waals surface area contributed by atoms with E-state index >= 15 is 0 Å². The summed E-state index contributed by atoms with van der Waals surface area (Å²) in [7, 11) is 3.87. The maximum Gasteiger partial charge on any atom is 0.335 e. The molecule has 70 valence electrons. The maximum atomic E-state index is 10.6. The van der Waals surface area contributed by atoms with Gasteiger partial charge in [-0.1, -0.05) is 0 Å². The van der Waals surface area contributed by atoms with Crippen LogP contribution in [0.4, 0.5) is 5.69 Å². The van der Waals surface area contributed by atoms with Gasteiger partial charge >= 0.3 is 5.97 Å². The molecule has 0 aromatic heterocycles. The number of hydrogen-bond donors (Lipinski definition) is 1. The van der Waals surface area contributed by atoms with E-state index in [1.165, 1.54) is 0 Å². The first-order chi connectivity index (χ1) is 6.02. The van der Waals surface area contributed by atoms with Crippen LogP contribution in [0.3, 0.4) is 0 Å². The average molecular weight is 179 g/mol. The van der Waals surface area contributed by atoms with Crippen LogP contribution in [0.1, 0.15) is 15.9 Å². The van der Waals surface area contributed by atoms with Gasteiger partial charge in [-0.2, -0.15) is 0 Å². The number of rotatable bonds is 2. The van der Waals surface area contributed by atoms with Crippen LogP contribution in [-0.2, 0) is 0 Å². The molecule has 0 spiro atoms. The van der Waals surface area contributed by atoms with E-state index in [4.69, 9.17) is 5.11 Å². The fourth-order valence-corrected chi connectivity index (χ4v) is 1.29. The van der Waals surface area contributed by atoms with Gasteiger partial charge in [0.15, 0.2) is 0 Å². The minimum atomic E-state index is -0.881. The molecule has 0 aliphatic rings. The SMILES string of the molecule is Cc1cc(C(=O)O)ccc1N(C)C. The topological polar surface area (TPSA) is 40.5 Å². The van der Waals surface area contributed by atoms with Crippen molar-refractivity contribution in [2.45, 2.75) is 6.92 Å². The molecule has 1 rings (SSSR count). The molecule has 1 aromatic rings. The monoisotopic (exact) mass is 179 g/mol. The highest BCUT2D eigenvalue weighted by atomic mass is 16.4. The van der Waals surface area contributed by atoms with Crippen LogP contribution in [0.15, 0.2) is 18.2 Å². The van der Waals surface area contributed by atoms with Gasteiger partial charge in [0.25, 0.3) is 0 Å². The van der Waals surface area contributed by atoms with Crippen molar-refractivity contribution >= 4 is 11.7 Å². The molecule has 0 radical (unpaired) electrons. The van der Waals surface area contributed by atoms with E-state index in [2.05, 4.69) is 0 Å². The summed E-state index contributed by atoms with van der Waals surface area (Å²) < 4.78 is 0. The Morgan fingerprint density at radius 1 is 1.38 bits per heavy atom. The van der Waals surface area contributed by atoms with E-state index < -0.39 is 5.97 Å². The fourth-order valence-electron chi connectivity index (χ4n) is 1.29. The number of carboxylic acids is 1. The van der Waals surface area contributed by atoms with Crippen LogP contribution in [0.2, 0.25) is 0 Å². The zero-order chi connectivity index (χ0) is 10.0. The zero-order valence-corrected chi connectivity index (χ0v) is 8.03. The van der Waals surface area contributed by atoms with Crippen molar-refractivity contribution in [1.29, 1.82) is 0 Å². The second-order valence-corrected chi connectivity index (χ2v) is 3.20. The molecule has 0 saturated heterocycles. The Kier molecular flexibility index (Phi) is 2.56. The fraction of sp³-hybridized carbons (Fsp3) is 0.300. The van der Waals surface area contributed by atoms with E-state index in [0.717, 1.165) is 11.3 Å². The molecular weight excluding hydrogens is 166 g/mol. The Hall–Kier alpha value is -1.51. The molecule has 3 heteroatoms. The smallest absolute Gasteiger partial charge is 0.335 e. The molecule has 0 unspecified atom stereocenters. The van der Waals surface area contributed by atoms with Gasteiger partial charge in [-0.25, -0.2) is 4.79 Å². The number of carboxylic acid groups (broad SMARTS) is 1. The van der Waals surface area contributed by atoms with E-state index in [1.807, 2.05) is 32.0 Å². The number of carbonyl (C=O) groups is 1. The second kappa shape index (κ2) is 3.47. The van der Waals surface area contributed by atoms with Gasteiger partial charge in [-0.3, -0.25) is 0 Å². The normalized spacial score (nSPS) is 9.77. The van der Waals surface area contributed by atoms with Crippen molar-refractivity contribution in [3.63, 3.8) is 0 Å². The number of benzene rings is 1. The predicted molar refractivity (Wildman–Crippen MR) is 52.5 cm³/mol. The van der Waals surface area contributed by atoms with Crippen LogP contribution >= 0.6 is 0 Å². The van der Waals surface area contributed by atoms with E-state index in [9.17, 15) is 4.79 Å². The average Bonchev–Trinajstić information content (AvgIpc) is 2.03. The van der Waals surface area contributed by atoms with Crippen LogP contribution in [0, 0.1) is 6.92 Å². The third-order valence-corrected chi connectivity index (χ3v) is 1.93. The standard InChI is InChI=1S/C10H13NO2/c1-7-6-8(10(12)13)4-5-9(7)11(2)3/h4-6H,1-3H3,(H,12,13). The van der Waals surface area contributed by atoms with E-state index in [0.29, 0.717) is 5.56 Å². The predicted octanol–water partition coefficient (Wildman–Crippen LogP) is 1.76. The van der Waals surface area contributed by atoms with Crippen LogP contribution < -0.4 is 4.90 Å². The summed E-state index contributed by atoms with van der Waals surface area (Å²) in [6.07, 6.45) is 0. The number of aromatic carboxylic acids is 1. The molecule has 3 nitrogen and oxygen atoms in total. The number of aryl methyl sites for hydroxylation is 1. The Bertz CT molecular complexity index is 332. The first-order valence-electron chi connectivity index (χ1n) is 4.03. The molecule has 0 fully saturated rings. The molecule has 0 saturated carbocycles. The molecule has 0 atom stereocenters. The van der Waals surface area contributed by atoms with Crippen molar-refractivity contribution in [3.8, 4) is 0 Å². The lowest BCUT2D eigenvalue weighted by Gasteiger charge is -2.15. The summed E-state index contributed by atoms with van der Waals surface area (Å²) in [6.45, 7) is 1.90. The third-order valence-electron chi connectivity index (χ3n) is 1.93. The van der Waals surface area contributed by atoms with Crippen molar-refractivity contribution in [2.75, 3.05) is 19.0 Å². The second-order valence-electron chi connectivity index (χ2n) is 3.20. The molecule has 1 aromatic carbocycles. The summed E-state index contributed by atoms with van der Waals surface area (Å²) in [4.78, 5) is 12.6. The summed E-state index contributed by atoms with van der Waals surface area (Å²) in [5.74, 6) is -0.881. The first kappa shape index (κ1) is 9.58. The molecular formula is C10H13NO2. The first-order valence-corrected chi connectivity index (χ1v) is 4.03. The van der Waals surface area contributed by atoms with Crippen molar-refractivity contribution in [3.05, 3.63) is 29.3 Å². The van der Waals surface area contributed by atoms with Crippen LogP contribution in [-0.4, -0.2) is 25.2 Å². The summed E-state index contributed by atoms with van der Waals surface area (Å²) >= 11 is 0. The van der Waals surface area contributed by atoms with Gasteiger partial charge in [-0.05, 0) is 30.7 Å². The molecule has 1 N–H and O–H groups in total. The highest BCUT2D eigenvalue weighted by Gasteiger charge is 2.05. The molecule has 0 heterocycles. The van der Waals surface area contributed by atoms with Crippen LogP contribution in [0.5, 0.6) is 0 Å². The van der Waals surface area contributed by atoms with Gasteiger partial charge in [0, 0.05) is 19.8 Å². The van der Waals surface area contributed by atoms with E-state index in [1.54, 1.807) is 12.1 Å². The quantitative estimate of drug-likeness (QED) is 0.752. The lowest BCUT2D eigenvalue weighted by atomic mass is 10.1. The highest BCUT2D eigenvalue weighted by Crippen LogP contribution is 2.18. The molecule has 0 aliphatic heterocycles. The lowest BCUT2D eigenvalue weighted by molar-refractivity contribution is 0.0697. The third kappa shape index (κ3) is 1.99. The molecule has 0 aliphatic carbocycles. The molecule has 0 amide bonds. The van der Waals surface area contributed by atoms with Crippen LogP contribution in [0.25, 0.3) is 0 Å².